The van der Waals surface area contributed by atoms with E-state index in [1.54, 1.807) is 6.07 Å². The number of benzene rings is 1. The van der Waals surface area contributed by atoms with Gasteiger partial charge in [-0.15, -0.1) is 0 Å². The van der Waals surface area contributed by atoms with Crippen molar-refractivity contribution < 1.29 is 17.6 Å². The minimum Gasteiger partial charge on any atom is -0.396 e. The number of nitrogens with two attached hydrogens (primary N) is 1. The van der Waals surface area contributed by atoms with Crippen LogP contribution >= 0.6 is 0 Å². The lowest BCUT2D eigenvalue weighted by atomic mass is 10.1. The van der Waals surface area contributed by atoms with Crippen LogP contribution in [0.25, 0.3) is 0 Å². The van der Waals surface area contributed by atoms with Crippen LogP contribution in [-0.2, 0) is 6.54 Å². The molecule has 19 heavy (non-hydrogen) atoms. The molecule has 1 aromatic rings. The molecule has 0 atom stereocenters. The van der Waals surface area contributed by atoms with Gasteiger partial charge in [0.2, 0.25) is 0 Å². The zero-order valence-corrected chi connectivity index (χ0v) is 10.2. The molecule has 2 N–H and O–H groups in total. The Morgan fingerprint density at radius 2 is 2.00 bits per heavy atom. The molecule has 0 fully saturated rings. The molecule has 6 heteroatoms. The molecule has 104 valence electrons. The molecule has 0 radical (unpaired) electrons. The maximum Gasteiger partial charge on any atom is 0.412 e. The standard InChI is InChI=1S/C13H14F4N2/c14-11-7-9(1-2-12(11)18)8-19-5-3-10(4-6-19)13(15,16)17/h1-3,7H,4-6,8,18H2. The maximum absolute atomic E-state index is 13.2. The molecule has 2 rings (SSSR count). The molecule has 0 aromatic heterocycles. The van der Waals surface area contributed by atoms with Crippen LogP contribution in [0.5, 0.6) is 0 Å². The molecule has 0 saturated carbocycles. The highest BCUT2D eigenvalue weighted by Gasteiger charge is 2.34. The van der Waals surface area contributed by atoms with Gasteiger partial charge in [-0.05, 0) is 24.1 Å². The summed E-state index contributed by atoms with van der Waals surface area (Å²) in [6.07, 6.45) is -3.07. The predicted octanol–water partition coefficient (Wildman–Crippen LogP) is 3.10. The Labute approximate surface area is 108 Å². The second-order valence-corrected chi connectivity index (χ2v) is 4.57. The van der Waals surface area contributed by atoms with Gasteiger partial charge in [0.25, 0.3) is 0 Å². The lowest BCUT2D eigenvalue weighted by Gasteiger charge is -2.27. The van der Waals surface area contributed by atoms with E-state index in [0.29, 0.717) is 18.7 Å². The highest BCUT2D eigenvalue weighted by atomic mass is 19.4. The SMILES string of the molecule is Nc1ccc(CN2CC=C(C(F)(F)F)CC2)cc1F. The number of nitrogen functional groups attached to an aromatic ring is 1. The van der Waals surface area contributed by atoms with Gasteiger partial charge >= 0.3 is 6.18 Å². The van der Waals surface area contributed by atoms with Crippen molar-refractivity contribution >= 4 is 5.69 Å². The van der Waals surface area contributed by atoms with Crippen LogP contribution in [0.1, 0.15) is 12.0 Å². The Hall–Kier alpha value is -1.56. The first-order valence-corrected chi connectivity index (χ1v) is 5.89. The van der Waals surface area contributed by atoms with Gasteiger partial charge in [-0.25, -0.2) is 4.39 Å². The van der Waals surface area contributed by atoms with Crippen LogP contribution in [0.15, 0.2) is 29.8 Å². The zero-order valence-electron chi connectivity index (χ0n) is 10.2. The molecule has 1 aliphatic rings. The highest BCUT2D eigenvalue weighted by molar-refractivity contribution is 5.41. The van der Waals surface area contributed by atoms with E-state index < -0.39 is 17.6 Å². The predicted molar refractivity (Wildman–Crippen MR) is 64.8 cm³/mol. The molecule has 1 aliphatic heterocycles. The third-order valence-corrected chi connectivity index (χ3v) is 3.13. The van der Waals surface area contributed by atoms with Gasteiger partial charge in [-0.3, -0.25) is 4.90 Å². The van der Waals surface area contributed by atoms with Gasteiger partial charge in [-0.2, -0.15) is 13.2 Å². The van der Waals surface area contributed by atoms with Crippen molar-refractivity contribution in [1.82, 2.24) is 4.90 Å². The largest absolute Gasteiger partial charge is 0.412 e. The molecule has 0 amide bonds. The number of hydrogen-bond acceptors (Lipinski definition) is 2. The molecule has 0 aliphatic carbocycles. The Balaban J connectivity index is 1.99. The molecule has 1 heterocycles. The van der Waals surface area contributed by atoms with Gasteiger partial charge in [-0.1, -0.05) is 12.1 Å². The average Bonchev–Trinajstić information content (AvgIpc) is 2.33. The monoisotopic (exact) mass is 274 g/mol. The molecule has 0 spiro atoms. The summed E-state index contributed by atoms with van der Waals surface area (Å²) in [6, 6.07) is 4.46. The van der Waals surface area contributed by atoms with Crippen LogP contribution in [0.4, 0.5) is 23.2 Å². The summed E-state index contributed by atoms with van der Waals surface area (Å²) in [7, 11) is 0. The minimum absolute atomic E-state index is 0.0268. The quantitative estimate of drug-likeness (QED) is 0.510. The lowest BCUT2D eigenvalue weighted by Crippen LogP contribution is -2.31. The van der Waals surface area contributed by atoms with E-state index in [4.69, 9.17) is 5.73 Å². The molecule has 0 bridgehead atoms. The van der Waals surface area contributed by atoms with Gasteiger partial charge in [0, 0.05) is 25.2 Å². The molecule has 1 aromatic carbocycles. The van der Waals surface area contributed by atoms with Crippen LogP contribution < -0.4 is 5.73 Å². The first kappa shape index (κ1) is 13.9. The van der Waals surface area contributed by atoms with Gasteiger partial charge in [0.15, 0.2) is 0 Å². The minimum atomic E-state index is -4.24. The van der Waals surface area contributed by atoms with E-state index in [2.05, 4.69) is 0 Å². The van der Waals surface area contributed by atoms with Crippen molar-refractivity contribution in [3.05, 3.63) is 41.2 Å². The fourth-order valence-electron chi connectivity index (χ4n) is 2.04. The Morgan fingerprint density at radius 3 is 2.53 bits per heavy atom. The number of alkyl halides is 3. The molecule has 0 unspecified atom stereocenters. The van der Waals surface area contributed by atoms with Gasteiger partial charge in [0.05, 0.1) is 5.69 Å². The number of hydrogen-bond donors (Lipinski definition) is 1. The summed E-state index contributed by atoms with van der Waals surface area (Å²) in [5.41, 5.74) is 5.66. The summed E-state index contributed by atoms with van der Waals surface area (Å²) in [4.78, 5) is 1.83. The Kier molecular flexibility index (Phi) is 3.80. The Bertz CT molecular complexity index is 494. The maximum atomic E-state index is 13.2. The smallest absolute Gasteiger partial charge is 0.396 e. The van der Waals surface area contributed by atoms with Gasteiger partial charge < -0.3 is 5.73 Å². The van der Waals surface area contributed by atoms with E-state index in [1.807, 2.05) is 4.90 Å². The van der Waals surface area contributed by atoms with Crippen molar-refractivity contribution in [1.29, 1.82) is 0 Å². The van der Waals surface area contributed by atoms with E-state index in [9.17, 15) is 17.6 Å². The number of rotatable bonds is 2. The van der Waals surface area contributed by atoms with E-state index in [1.165, 1.54) is 18.2 Å². The van der Waals surface area contributed by atoms with Crippen molar-refractivity contribution in [2.24, 2.45) is 0 Å². The molecule has 2 nitrogen and oxygen atoms in total. The summed E-state index contributed by atoms with van der Waals surface area (Å²) in [5, 5.41) is 0. The fourth-order valence-corrected chi connectivity index (χ4v) is 2.04. The zero-order chi connectivity index (χ0) is 14.0. The third-order valence-electron chi connectivity index (χ3n) is 3.13. The van der Waals surface area contributed by atoms with Crippen molar-refractivity contribution in [2.45, 2.75) is 19.1 Å². The second kappa shape index (κ2) is 5.21. The third kappa shape index (κ3) is 3.47. The van der Waals surface area contributed by atoms with Crippen molar-refractivity contribution in [2.75, 3.05) is 18.8 Å². The Morgan fingerprint density at radius 1 is 1.26 bits per heavy atom. The average molecular weight is 274 g/mol. The molecular weight excluding hydrogens is 260 g/mol. The van der Waals surface area contributed by atoms with Gasteiger partial charge in [0.1, 0.15) is 5.82 Å². The van der Waals surface area contributed by atoms with E-state index >= 15 is 0 Å². The summed E-state index contributed by atoms with van der Waals surface area (Å²) < 4.78 is 50.6. The first-order valence-electron chi connectivity index (χ1n) is 5.89. The molecule has 0 saturated heterocycles. The normalized spacial score (nSPS) is 17.4. The first-order chi connectivity index (χ1) is 8.86. The summed E-state index contributed by atoms with van der Waals surface area (Å²) >= 11 is 0. The highest BCUT2D eigenvalue weighted by Crippen LogP contribution is 2.30. The lowest BCUT2D eigenvalue weighted by molar-refractivity contribution is -0.0960. The number of anilines is 1. The fraction of sp³-hybridized carbons (Fsp3) is 0.385. The molecular formula is C13H14F4N2. The summed E-state index contributed by atoms with van der Waals surface area (Å²) in [6.45, 7) is 0.955. The van der Waals surface area contributed by atoms with E-state index in [0.717, 1.165) is 0 Å². The van der Waals surface area contributed by atoms with Crippen molar-refractivity contribution in [3.8, 4) is 0 Å². The number of nitrogens with zero attached hydrogens (tertiary/aromatic N) is 1. The van der Waals surface area contributed by atoms with Crippen LogP contribution in [-0.4, -0.2) is 24.2 Å². The van der Waals surface area contributed by atoms with Crippen LogP contribution in [0.3, 0.4) is 0 Å². The van der Waals surface area contributed by atoms with Crippen LogP contribution in [0.2, 0.25) is 0 Å². The van der Waals surface area contributed by atoms with E-state index in [-0.39, 0.29) is 18.7 Å². The van der Waals surface area contributed by atoms with Crippen molar-refractivity contribution in [3.63, 3.8) is 0 Å². The summed E-state index contributed by atoms with van der Waals surface area (Å²) in [5.74, 6) is -0.499. The van der Waals surface area contributed by atoms with Crippen LogP contribution in [0, 0.1) is 5.82 Å². The second-order valence-electron chi connectivity index (χ2n) is 4.57. The number of halogens is 4. The topological polar surface area (TPSA) is 29.3 Å².